The van der Waals surface area contributed by atoms with E-state index in [1.807, 2.05) is 43.4 Å². The van der Waals surface area contributed by atoms with E-state index in [1.165, 1.54) is 0 Å². The molecule has 106 valence electrons. The van der Waals surface area contributed by atoms with Crippen LogP contribution in [0.25, 0.3) is 0 Å². The number of benzene rings is 1. The van der Waals surface area contributed by atoms with Crippen LogP contribution >= 0.6 is 0 Å². The lowest BCUT2D eigenvalue weighted by molar-refractivity contribution is 0.281. The summed E-state index contributed by atoms with van der Waals surface area (Å²) in [5, 5.41) is 12.2. The highest BCUT2D eigenvalue weighted by Gasteiger charge is 2.08. The Labute approximate surface area is 119 Å². The van der Waals surface area contributed by atoms with Crippen LogP contribution in [0.2, 0.25) is 0 Å². The predicted molar refractivity (Wildman–Crippen MR) is 78.8 cm³/mol. The molecule has 0 spiro atoms. The Morgan fingerprint density at radius 3 is 2.35 bits per heavy atom. The molecule has 1 heterocycles. The zero-order valence-corrected chi connectivity index (χ0v) is 11.8. The number of nitrogens with one attached hydrogen (secondary N) is 1. The number of aliphatic hydroxyl groups excluding tert-OH is 1. The van der Waals surface area contributed by atoms with Crippen LogP contribution < -0.4 is 10.1 Å². The van der Waals surface area contributed by atoms with Gasteiger partial charge in [0.15, 0.2) is 0 Å². The van der Waals surface area contributed by atoms with E-state index in [0.29, 0.717) is 5.75 Å². The minimum Gasteiger partial charge on any atom is -0.456 e. The van der Waals surface area contributed by atoms with Crippen LogP contribution in [0.5, 0.6) is 11.5 Å². The molecule has 1 aromatic heterocycles. The maximum Gasteiger partial charge on any atom is 0.145 e. The van der Waals surface area contributed by atoms with Gasteiger partial charge in [0.2, 0.25) is 0 Å². The van der Waals surface area contributed by atoms with E-state index < -0.39 is 0 Å². The molecule has 2 aromatic rings. The lowest BCUT2D eigenvalue weighted by Crippen LogP contribution is -2.16. The molecule has 0 fully saturated rings. The summed E-state index contributed by atoms with van der Waals surface area (Å²) >= 11 is 0. The number of rotatable bonds is 6. The van der Waals surface area contributed by atoms with Gasteiger partial charge in [0.05, 0.1) is 18.5 Å². The molecule has 1 aromatic carbocycles. The number of aromatic nitrogens is 1. The molecule has 0 radical (unpaired) electrons. The fourth-order valence-electron chi connectivity index (χ4n) is 2.02. The van der Waals surface area contributed by atoms with Crippen LogP contribution in [-0.2, 0) is 6.61 Å². The Kier molecular flexibility index (Phi) is 5.09. The van der Waals surface area contributed by atoms with Gasteiger partial charge in [-0.3, -0.25) is 4.98 Å². The zero-order chi connectivity index (χ0) is 14.4. The molecule has 1 unspecified atom stereocenters. The summed E-state index contributed by atoms with van der Waals surface area (Å²) in [5.41, 5.74) is 1.88. The highest BCUT2D eigenvalue weighted by Crippen LogP contribution is 2.22. The highest BCUT2D eigenvalue weighted by molar-refractivity contribution is 5.32. The van der Waals surface area contributed by atoms with Crippen molar-refractivity contribution >= 4 is 0 Å². The first kappa shape index (κ1) is 14.5. The third kappa shape index (κ3) is 3.56. The van der Waals surface area contributed by atoms with E-state index in [4.69, 9.17) is 9.84 Å². The lowest BCUT2D eigenvalue weighted by atomic mass is 10.1. The smallest absolute Gasteiger partial charge is 0.145 e. The third-order valence-corrected chi connectivity index (χ3v) is 3.21. The average Bonchev–Trinajstić information content (AvgIpc) is 2.51. The van der Waals surface area contributed by atoms with Gasteiger partial charge in [0.25, 0.3) is 0 Å². The van der Waals surface area contributed by atoms with Crippen LogP contribution in [-0.4, -0.2) is 17.1 Å². The molecule has 4 nitrogen and oxygen atoms in total. The number of hydrogen-bond donors (Lipinski definition) is 2. The second-order valence-electron chi connectivity index (χ2n) is 4.57. The number of aliphatic hydroxyl groups is 1. The van der Waals surface area contributed by atoms with Gasteiger partial charge in [-0.15, -0.1) is 0 Å². The summed E-state index contributed by atoms with van der Waals surface area (Å²) in [6, 6.07) is 11.5. The Bertz CT molecular complexity index is 519. The van der Waals surface area contributed by atoms with Crippen molar-refractivity contribution in [2.24, 2.45) is 0 Å². The number of ether oxygens (including phenoxy) is 1. The minimum absolute atomic E-state index is 0.0406. The van der Waals surface area contributed by atoms with Crippen LogP contribution in [0.3, 0.4) is 0 Å². The topological polar surface area (TPSA) is 54.4 Å². The van der Waals surface area contributed by atoms with E-state index in [0.717, 1.165) is 23.4 Å². The fraction of sp³-hybridized carbons (Fsp3) is 0.312. The summed E-state index contributed by atoms with van der Waals surface area (Å²) in [7, 11) is 1.93. The first-order chi connectivity index (χ1) is 9.76. The van der Waals surface area contributed by atoms with Gasteiger partial charge in [-0.2, -0.15) is 0 Å². The van der Waals surface area contributed by atoms with Crippen molar-refractivity contribution in [1.82, 2.24) is 10.3 Å². The Morgan fingerprint density at radius 1 is 1.15 bits per heavy atom. The van der Waals surface area contributed by atoms with Crippen LogP contribution in [0.1, 0.15) is 30.6 Å². The number of hydrogen-bond acceptors (Lipinski definition) is 4. The molecule has 1 atom stereocenters. The molecule has 2 rings (SSSR count). The van der Waals surface area contributed by atoms with E-state index in [9.17, 15) is 0 Å². The monoisotopic (exact) mass is 272 g/mol. The molecule has 0 aliphatic rings. The van der Waals surface area contributed by atoms with Crippen LogP contribution in [0.4, 0.5) is 0 Å². The summed E-state index contributed by atoms with van der Waals surface area (Å²) in [6.45, 7) is 2.16. The zero-order valence-electron chi connectivity index (χ0n) is 11.8. The normalized spacial score (nSPS) is 12.2. The van der Waals surface area contributed by atoms with Crippen molar-refractivity contribution in [3.05, 3.63) is 53.9 Å². The summed E-state index contributed by atoms with van der Waals surface area (Å²) < 4.78 is 5.72. The largest absolute Gasteiger partial charge is 0.456 e. The first-order valence-corrected chi connectivity index (χ1v) is 6.77. The van der Waals surface area contributed by atoms with Crippen LogP contribution in [0, 0.1) is 0 Å². The molecular formula is C16H20N2O2. The van der Waals surface area contributed by atoms with E-state index in [-0.39, 0.29) is 12.6 Å². The maximum absolute atomic E-state index is 8.99. The molecule has 4 heteroatoms. The van der Waals surface area contributed by atoms with Gasteiger partial charge in [-0.1, -0.05) is 19.1 Å². The minimum atomic E-state index is 0.0406. The average molecular weight is 272 g/mol. The maximum atomic E-state index is 8.99. The van der Waals surface area contributed by atoms with Crippen molar-refractivity contribution in [2.75, 3.05) is 7.05 Å². The van der Waals surface area contributed by atoms with E-state index >= 15 is 0 Å². The molecule has 0 saturated carbocycles. The summed E-state index contributed by atoms with van der Waals surface area (Å²) in [6.07, 6.45) is 2.72. The van der Waals surface area contributed by atoms with Crippen molar-refractivity contribution in [1.29, 1.82) is 0 Å². The van der Waals surface area contributed by atoms with E-state index in [2.05, 4.69) is 17.2 Å². The second-order valence-corrected chi connectivity index (χ2v) is 4.57. The number of nitrogens with zero attached hydrogens (tertiary/aromatic N) is 1. The summed E-state index contributed by atoms with van der Waals surface area (Å²) in [5.74, 6) is 1.44. The molecule has 20 heavy (non-hydrogen) atoms. The SMILES string of the molecule is CCC(NC)c1ccc(Oc2ccc(CO)cc2)cn1. The third-order valence-electron chi connectivity index (χ3n) is 3.21. The van der Waals surface area contributed by atoms with Gasteiger partial charge in [-0.25, -0.2) is 0 Å². The van der Waals surface area contributed by atoms with Gasteiger partial charge in [0.1, 0.15) is 11.5 Å². The molecule has 0 bridgehead atoms. The molecule has 0 aliphatic carbocycles. The van der Waals surface area contributed by atoms with Gasteiger partial charge in [-0.05, 0) is 43.3 Å². The molecule has 0 saturated heterocycles. The second kappa shape index (κ2) is 7.03. The van der Waals surface area contributed by atoms with Gasteiger partial charge >= 0.3 is 0 Å². The fourth-order valence-corrected chi connectivity index (χ4v) is 2.02. The van der Waals surface area contributed by atoms with Gasteiger partial charge < -0.3 is 15.2 Å². The Hall–Kier alpha value is -1.91. The number of pyridine rings is 1. The predicted octanol–water partition coefficient (Wildman–Crippen LogP) is 3.04. The molecule has 0 aliphatic heterocycles. The van der Waals surface area contributed by atoms with Crippen molar-refractivity contribution in [2.45, 2.75) is 26.0 Å². The van der Waals surface area contributed by atoms with Crippen LogP contribution in [0.15, 0.2) is 42.6 Å². The quantitative estimate of drug-likeness (QED) is 0.848. The summed E-state index contributed by atoms with van der Waals surface area (Å²) in [4.78, 5) is 4.42. The lowest BCUT2D eigenvalue weighted by Gasteiger charge is -2.13. The van der Waals surface area contributed by atoms with E-state index in [1.54, 1.807) is 6.20 Å². The van der Waals surface area contributed by atoms with Crippen molar-refractivity contribution in [3.63, 3.8) is 0 Å². The molecule has 2 N–H and O–H groups in total. The van der Waals surface area contributed by atoms with Gasteiger partial charge in [0, 0.05) is 6.04 Å². The Morgan fingerprint density at radius 2 is 1.85 bits per heavy atom. The molecule has 0 amide bonds. The standard InChI is InChI=1S/C16H20N2O2/c1-3-15(17-2)16-9-8-14(10-18-16)20-13-6-4-12(11-19)5-7-13/h4-10,15,17,19H,3,11H2,1-2H3. The molecular weight excluding hydrogens is 252 g/mol. The highest BCUT2D eigenvalue weighted by atomic mass is 16.5. The Balaban J connectivity index is 2.06. The van der Waals surface area contributed by atoms with Crippen molar-refractivity contribution in [3.8, 4) is 11.5 Å². The first-order valence-electron chi connectivity index (χ1n) is 6.77. The van der Waals surface area contributed by atoms with Crippen molar-refractivity contribution < 1.29 is 9.84 Å².